The van der Waals surface area contributed by atoms with Crippen molar-refractivity contribution in [3.05, 3.63) is 100 Å². The minimum atomic E-state index is -0.385. The fourth-order valence-corrected chi connectivity index (χ4v) is 3.52. The molecule has 2 aromatic carbocycles. The molecule has 36 heavy (non-hydrogen) atoms. The lowest BCUT2D eigenvalue weighted by Gasteiger charge is -2.12. The molecule has 0 atom stereocenters. The van der Waals surface area contributed by atoms with Crippen LogP contribution in [0, 0.1) is 0 Å². The number of rotatable bonds is 11. The van der Waals surface area contributed by atoms with Gasteiger partial charge in [0.1, 0.15) is 12.3 Å². The fraction of sp³-hybridized carbons (Fsp3) is 0.222. The largest absolute Gasteiger partial charge is 0.493 e. The van der Waals surface area contributed by atoms with Gasteiger partial charge in [-0.25, -0.2) is 0 Å². The molecule has 0 aliphatic rings. The summed E-state index contributed by atoms with van der Waals surface area (Å²) in [4.78, 5) is 31.7. The lowest BCUT2D eigenvalue weighted by atomic mass is 10.2. The third-order valence-corrected chi connectivity index (χ3v) is 5.46. The van der Waals surface area contributed by atoms with Gasteiger partial charge in [-0.3, -0.25) is 14.6 Å². The van der Waals surface area contributed by atoms with Crippen LogP contribution < -0.4 is 20.3 Å². The van der Waals surface area contributed by atoms with Crippen LogP contribution in [0.3, 0.4) is 0 Å². The summed E-state index contributed by atoms with van der Waals surface area (Å²) in [6.07, 6.45) is 2.69. The molecule has 0 bridgehead atoms. The van der Waals surface area contributed by atoms with Crippen LogP contribution in [-0.4, -0.2) is 39.7 Å². The number of benzene rings is 2. The van der Waals surface area contributed by atoms with Gasteiger partial charge in [0.2, 0.25) is 5.91 Å². The zero-order valence-electron chi connectivity index (χ0n) is 19.9. The van der Waals surface area contributed by atoms with Gasteiger partial charge in [-0.1, -0.05) is 36.4 Å². The van der Waals surface area contributed by atoms with E-state index in [4.69, 9.17) is 9.47 Å². The number of nitrogens with zero attached hydrogens (tertiary/aromatic N) is 3. The van der Waals surface area contributed by atoms with E-state index in [-0.39, 0.29) is 30.0 Å². The van der Waals surface area contributed by atoms with Gasteiger partial charge in [0.15, 0.2) is 17.3 Å². The quantitative estimate of drug-likeness (QED) is 0.335. The minimum Gasteiger partial charge on any atom is -0.493 e. The summed E-state index contributed by atoms with van der Waals surface area (Å²) in [6.45, 7) is 0.877. The minimum absolute atomic E-state index is 0.139. The third kappa shape index (κ3) is 6.75. The van der Waals surface area contributed by atoms with Crippen LogP contribution in [-0.2, 0) is 24.2 Å². The van der Waals surface area contributed by atoms with E-state index in [1.54, 1.807) is 31.5 Å². The molecule has 0 unspecified atom stereocenters. The van der Waals surface area contributed by atoms with E-state index in [1.807, 2.05) is 48.5 Å². The zero-order chi connectivity index (χ0) is 25.2. The van der Waals surface area contributed by atoms with Gasteiger partial charge < -0.3 is 19.8 Å². The first-order valence-electron chi connectivity index (χ1n) is 11.6. The topological polar surface area (TPSA) is 119 Å². The summed E-state index contributed by atoms with van der Waals surface area (Å²) < 4.78 is 11.3. The van der Waals surface area contributed by atoms with Crippen molar-refractivity contribution in [1.29, 1.82) is 0 Å². The number of hydrogen-bond acceptors (Lipinski definition) is 7. The Hall–Kier alpha value is -4.53. The number of pyridine rings is 1. The highest BCUT2D eigenvalue weighted by Crippen LogP contribution is 2.31. The van der Waals surface area contributed by atoms with Crippen LogP contribution in [0.2, 0.25) is 0 Å². The lowest BCUT2D eigenvalue weighted by molar-refractivity contribution is -0.121. The fourth-order valence-electron chi connectivity index (χ4n) is 3.52. The molecule has 9 heteroatoms. The molecule has 2 aromatic heterocycles. The maximum Gasteiger partial charge on any atom is 0.273 e. The molecule has 1 amide bonds. The molecule has 184 valence electrons. The van der Waals surface area contributed by atoms with Crippen LogP contribution in [0.15, 0.2) is 77.7 Å². The molecule has 4 rings (SSSR count). The highest BCUT2D eigenvalue weighted by molar-refractivity contribution is 5.76. The van der Waals surface area contributed by atoms with Crippen molar-refractivity contribution in [2.24, 2.45) is 0 Å². The van der Waals surface area contributed by atoms with Gasteiger partial charge in [-0.2, -0.15) is 0 Å². The lowest BCUT2D eigenvalue weighted by Crippen LogP contribution is -2.27. The third-order valence-electron chi connectivity index (χ3n) is 5.46. The molecule has 0 aliphatic heterocycles. The summed E-state index contributed by atoms with van der Waals surface area (Å²) in [7, 11) is 1.55. The number of amides is 1. The molecule has 2 N–H and O–H groups in total. The van der Waals surface area contributed by atoms with E-state index in [0.717, 1.165) is 11.3 Å². The highest BCUT2D eigenvalue weighted by atomic mass is 16.5. The Kier molecular flexibility index (Phi) is 8.37. The van der Waals surface area contributed by atoms with Crippen molar-refractivity contribution in [3.8, 4) is 22.9 Å². The van der Waals surface area contributed by atoms with E-state index in [1.165, 1.54) is 0 Å². The number of nitrogens with one attached hydrogen (secondary N) is 2. The SMILES string of the molecule is COc1cc(-c2nnc(CCC(=O)NCCc3ccccn3)c(=O)[nH]2)ccc1OCc1ccccc1. The Morgan fingerprint density at radius 1 is 0.972 bits per heavy atom. The Morgan fingerprint density at radius 3 is 2.56 bits per heavy atom. The van der Waals surface area contributed by atoms with Crippen molar-refractivity contribution < 1.29 is 14.3 Å². The van der Waals surface area contributed by atoms with Gasteiger partial charge in [-0.05, 0) is 35.9 Å². The van der Waals surface area contributed by atoms with Crippen molar-refractivity contribution in [2.75, 3.05) is 13.7 Å². The second-order valence-electron chi connectivity index (χ2n) is 8.01. The van der Waals surface area contributed by atoms with Crippen LogP contribution >= 0.6 is 0 Å². The van der Waals surface area contributed by atoms with E-state index in [0.29, 0.717) is 42.5 Å². The molecular formula is C27H27N5O4. The van der Waals surface area contributed by atoms with Crippen molar-refractivity contribution in [3.63, 3.8) is 0 Å². The van der Waals surface area contributed by atoms with Crippen molar-refractivity contribution in [2.45, 2.75) is 25.9 Å². The number of methoxy groups -OCH3 is 1. The predicted molar refractivity (Wildman–Crippen MR) is 135 cm³/mol. The van der Waals surface area contributed by atoms with Gasteiger partial charge in [0, 0.05) is 43.3 Å². The zero-order valence-corrected chi connectivity index (χ0v) is 19.9. The smallest absolute Gasteiger partial charge is 0.273 e. The average molecular weight is 486 g/mol. The first-order valence-corrected chi connectivity index (χ1v) is 11.6. The molecular weight excluding hydrogens is 458 g/mol. The van der Waals surface area contributed by atoms with Crippen LogP contribution in [0.25, 0.3) is 11.4 Å². The maximum absolute atomic E-state index is 12.6. The Bertz CT molecular complexity index is 1340. The van der Waals surface area contributed by atoms with Gasteiger partial charge in [-0.15, -0.1) is 10.2 Å². The van der Waals surface area contributed by atoms with Crippen LogP contribution in [0.5, 0.6) is 11.5 Å². The number of aryl methyl sites for hydroxylation is 1. The molecule has 2 heterocycles. The maximum atomic E-state index is 12.6. The molecule has 4 aromatic rings. The Labute approximate surface area is 208 Å². The van der Waals surface area contributed by atoms with Crippen LogP contribution in [0.1, 0.15) is 23.4 Å². The summed E-state index contributed by atoms with van der Waals surface area (Å²) in [5.41, 5.74) is 2.39. The number of hydrogen-bond donors (Lipinski definition) is 2. The first kappa shape index (κ1) is 24.6. The highest BCUT2D eigenvalue weighted by Gasteiger charge is 2.12. The second kappa shape index (κ2) is 12.3. The number of aromatic nitrogens is 4. The van der Waals surface area contributed by atoms with Gasteiger partial charge in [0.05, 0.1) is 7.11 Å². The standard InChI is InChI=1S/C27H27N5O4/c1-35-24-17-20(10-12-23(24)36-18-19-7-3-2-4-8-19)26-30-27(34)22(31-32-26)11-13-25(33)29-16-14-21-9-5-6-15-28-21/h2-10,12,15,17H,11,13-14,16,18H2,1H3,(H,29,33)(H,30,32,34). The molecule has 9 nitrogen and oxygen atoms in total. The number of aromatic amines is 1. The normalized spacial score (nSPS) is 10.6. The predicted octanol–water partition coefficient (Wildman–Crippen LogP) is 3.11. The van der Waals surface area contributed by atoms with E-state index < -0.39 is 0 Å². The number of ether oxygens (including phenoxy) is 2. The Balaban J connectivity index is 1.33. The molecule has 0 radical (unpaired) electrons. The molecule has 0 saturated carbocycles. The molecule has 0 saturated heterocycles. The molecule has 0 fully saturated rings. The average Bonchev–Trinajstić information content (AvgIpc) is 2.92. The van der Waals surface area contributed by atoms with Crippen molar-refractivity contribution in [1.82, 2.24) is 25.5 Å². The summed E-state index contributed by atoms with van der Waals surface area (Å²) in [5, 5.41) is 11.0. The molecule has 0 spiro atoms. The second-order valence-corrected chi connectivity index (χ2v) is 8.01. The monoisotopic (exact) mass is 485 g/mol. The summed E-state index contributed by atoms with van der Waals surface area (Å²) in [5.74, 6) is 1.23. The van der Waals surface area contributed by atoms with Gasteiger partial charge >= 0.3 is 0 Å². The number of H-pyrrole nitrogens is 1. The van der Waals surface area contributed by atoms with E-state index in [2.05, 4.69) is 25.5 Å². The van der Waals surface area contributed by atoms with Gasteiger partial charge in [0.25, 0.3) is 5.56 Å². The van der Waals surface area contributed by atoms with E-state index >= 15 is 0 Å². The van der Waals surface area contributed by atoms with Crippen LogP contribution in [0.4, 0.5) is 0 Å². The molecule has 0 aliphatic carbocycles. The van der Waals surface area contributed by atoms with Crippen molar-refractivity contribution >= 4 is 5.91 Å². The first-order chi connectivity index (χ1) is 17.6. The summed E-state index contributed by atoms with van der Waals surface area (Å²) >= 11 is 0. The van der Waals surface area contributed by atoms with E-state index in [9.17, 15) is 9.59 Å². The number of carbonyl (C=O) groups excluding carboxylic acids is 1. The summed E-state index contributed by atoms with van der Waals surface area (Å²) in [6, 6.07) is 20.7. The Morgan fingerprint density at radius 2 is 1.81 bits per heavy atom. The number of carbonyl (C=O) groups is 1.